The number of benzene rings is 1. The first-order valence-corrected chi connectivity index (χ1v) is 7.74. The number of amides is 2. The van der Waals surface area contributed by atoms with Crippen LogP contribution in [0.25, 0.3) is 0 Å². The van der Waals surface area contributed by atoms with Crippen molar-refractivity contribution in [2.45, 2.75) is 39.1 Å². The van der Waals surface area contributed by atoms with Gasteiger partial charge in [0.1, 0.15) is 12.2 Å². The molecule has 2 amide bonds. The zero-order valence-corrected chi connectivity index (χ0v) is 14.6. The molecule has 134 valence electrons. The maximum Gasteiger partial charge on any atom is 0.409 e. The Bertz CT molecular complexity index is 528. The first kappa shape index (κ1) is 19.8. The van der Waals surface area contributed by atoms with Gasteiger partial charge in [-0.25, -0.2) is 9.59 Å². The molecule has 0 heterocycles. The predicted octanol–water partition coefficient (Wildman–Crippen LogP) is 2.14. The van der Waals surface area contributed by atoms with Gasteiger partial charge < -0.3 is 24.8 Å². The molecule has 0 fully saturated rings. The highest BCUT2D eigenvalue weighted by atomic mass is 16.6. The van der Waals surface area contributed by atoms with Crippen LogP contribution < -0.4 is 5.32 Å². The standard InChI is InChI=1S/C17H26N2O5/c1-17(2,3)24-15(21)18-10-14(20)11-19(4)16(22)23-12-13-8-6-5-7-9-13/h5-9,14,20H,10-12H2,1-4H3,(H,18,21). The Balaban J connectivity index is 2.28. The second-order valence-corrected chi connectivity index (χ2v) is 6.46. The highest BCUT2D eigenvalue weighted by Gasteiger charge is 2.19. The molecule has 0 spiro atoms. The van der Waals surface area contributed by atoms with Crippen LogP contribution in [0, 0.1) is 0 Å². The topological polar surface area (TPSA) is 88.1 Å². The number of rotatable bonds is 6. The van der Waals surface area contributed by atoms with E-state index in [1.54, 1.807) is 20.8 Å². The van der Waals surface area contributed by atoms with E-state index in [1.165, 1.54) is 11.9 Å². The van der Waals surface area contributed by atoms with Crippen molar-refractivity contribution in [2.75, 3.05) is 20.1 Å². The molecule has 1 aromatic rings. The first-order chi connectivity index (χ1) is 11.2. The Morgan fingerprint density at radius 1 is 1.25 bits per heavy atom. The van der Waals surface area contributed by atoms with Crippen molar-refractivity contribution >= 4 is 12.2 Å². The van der Waals surface area contributed by atoms with Gasteiger partial charge in [-0.3, -0.25) is 0 Å². The largest absolute Gasteiger partial charge is 0.445 e. The molecular weight excluding hydrogens is 312 g/mol. The molecule has 1 aromatic carbocycles. The van der Waals surface area contributed by atoms with E-state index in [4.69, 9.17) is 9.47 Å². The van der Waals surface area contributed by atoms with Crippen LogP contribution in [-0.2, 0) is 16.1 Å². The van der Waals surface area contributed by atoms with E-state index in [0.29, 0.717) is 0 Å². The van der Waals surface area contributed by atoms with Crippen LogP contribution in [0.4, 0.5) is 9.59 Å². The second kappa shape index (κ2) is 9.12. The number of nitrogens with one attached hydrogen (secondary N) is 1. The van der Waals surface area contributed by atoms with Crippen molar-refractivity contribution in [3.05, 3.63) is 35.9 Å². The minimum atomic E-state index is -0.924. The lowest BCUT2D eigenvalue weighted by atomic mass is 10.2. The van der Waals surface area contributed by atoms with Gasteiger partial charge in [0.15, 0.2) is 0 Å². The van der Waals surface area contributed by atoms with E-state index in [2.05, 4.69) is 5.32 Å². The number of aliphatic hydroxyl groups is 1. The summed E-state index contributed by atoms with van der Waals surface area (Å²) in [7, 11) is 1.52. The molecule has 7 heteroatoms. The number of carbonyl (C=O) groups excluding carboxylic acids is 2. The van der Waals surface area contributed by atoms with Crippen LogP contribution in [0.1, 0.15) is 26.3 Å². The van der Waals surface area contributed by atoms with Crippen molar-refractivity contribution in [1.29, 1.82) is 0 Å². The molecule has 24 heavy (non-hydrogen) atoms. The fourth-order valence-electron chi connectivity index (χ4n) is 1.80. The third-order valence-electron chi connectivity index (χ3n) is 2.88. The SMILES string of the molecule is CN(CC(O)CNC(=O)OC(C)(C)C)C(=O)OCc1ccccc1. The lowest BCUT2D eigenvalue weighted by Gasteiger charge is -2.22. The van der Waals surface area contributed by atoms with E-state index >= 15 is 0 Å². The Morgan fingerprint density at radius 2 is 1.88 bits per heavy atom. The van der Waals surface area contributed by atoms with Crippen LogP contribution in [0.15, 0.2) is 30.3 Å². The Hall–Kier alpha value is -2.28. The normalized spacial score (nSPS) is 12.2. The fraction of sp³-hybridized carbons (Fsp3) is 0.529. The van der Waals surface area contributed by atoms with Gasteiger partial charge in [-0.15, -0.1) is 0 Å². The lowest BCUT2D eigenvalue weighted by molar-refractivity contribution is 0.0466. The maximum absolute atomic E-state index is 11.9. The molecule has 1 unspecified atom stereocenters. The van der Waals surface area contributed by atoms with Gasteiger partial charge in [0, 0.05) is 13.6 Å². The van der Waals surface area contributed by atoms with Crippen molar-refractivity contribution in [2.24, 2.45) is 0 Å². The summed E-state index contributed by atoms with van der Waals surface area (Å²) in [6.07, 6.45) is -2.09. The molecule has 0 saturated carbocycles. The zero-order chi connectivity index (χ0) is 18.2. The van der Waals surface area contributed by atoms with E-state index in [-0.39, 0.29) is 19.7 Å². The number of nitrogens with zero attached hydrogens (tertiary/aromatic N) is 1. The average Bonchev–Trinajstić information content (AvgIpc) is 2.50. The second-order valence-electron chi connectivity index (χ2n) is 6.46. The number of alkyl carbamates (subject to hydrolysis) is 1. The van der Waals surface area contributed by atoms with E-state index < -0.39 is 23.9 Å². The number of hydrogen-bond donors (Lipinski definition) is 2. The van der Waals surface area contributed by atoms with Gasteiger partial charge in [0.25, 0.3) is 0 Å². The molecule has 7 nitrogen and oxygen atoms in total. The molecule has 0 aliphatic heterocycles. The third-order valence-corrected chi connectivity index (χ3v) is 2.88. The summed E-state index contributed by atoms with van der Waals surface area (Å²) in [5.41, 5.74) is 0.277. The van der Waals surface area contributed by atoms with Crippen LogP contribution in [0.3, 0.4) is 0 Å². The summed E-state index contributed by atoms with van der Waals surface area (Å²) >= 11 is 0. The summed E-state index contributed by atoms with van der Waals surface area (Å²) in [4.78, 5) is 24.6. The monoisotopic (exact) mass is 338 g/mol. The van der Waals surface area contributed by atoms with Crippen LogP contribution in [0.2, 0.25) is 0 Å². The number of carbonyl (C=O) groups is 2. The van der Waals surface area contributed by atoms with Crippen molar-refractivity contribution in [3.63, 3.8) is 0 Å². The molecular formula is C17H26N2O5. The molecule has 1 rings (SSSR count). The minimum absolute atomic E-state index is 0.0226. The number of aliphatic hydroxyl groups excluding tert-OH is 1. The van der Waals surface area contributed by atoms with Gasteiger partial charge in [0.05, 0.1) is 12.6 Å². The molecule has 0 aliphatic carbocycles. The first-order valence-electron chi connectivity index (χ1n) is 7.74. The Kier molecular flexibility index (Phi) is 7.51. The molecule has 0 bridgehead atoms. The van der Waals surface area contributed by atoms with E-state index in [0.717, 1.165) is 5.56 Å². The molecule has 0 aromatic heterocycles. The van der Waals surface area contributed by atoms with Gasteiger partial charge in [-0.1, -0.05) is 30.3 Å². The molecule has 0 radical (unpaired) electrons. The van der Waals surface area contributed by atoms with Gasteiger partial charge in [-0.2, -0.15) is 0 Å². The summed E-state index contributed by atoms with van der Waals surface area (Å²) < 4.78 is 10.2. The average molecular weight is 338 g/mol. The predicted molar refractivity (Wildman–Crippen MR) is 89.5 cm³/mol. The summed E-state index contributed by atoms with van der Waals surface area (Å²) in [6, 6.07) is 9.31. The molecule has 0 aliphatic rings. The quantitative estimate of drug-likeness (QED) is 0.830. The summed E-state index contributed by atoms with van der Waals surface area (Å²) in [5.74, 6) is 0. The van der Waals surface area contributed by atoms with Crippen molar-refractivity contribution in [3.8, 4) is 0 Å². The van der Waals surface area contributed by atoms with Crippen LogP contribution in [0.5, 0.6) is 0 Å². The van der Waals surface area contributed by atoms with Gasteiger partial charge in [-0.05, 0) is 26.3 Å². The van der Waals surface area contributed by atoms with Crippen LogP contribution in [-0.4, -0.2) is 54.0 Å². The van der Waals surface area contributed by atoms with Gasteiger partial charge >= 0.3 is 12.2 Å². The Morgan fingerprint density at radius 3 is 2.46 bits per heavy atom. The third kappa shape index (κ3) is 8.38. The Labute approximate surface area is 142 Å². The van der Waals surface area contributed by atoms with Crippen molar-refractivity contribution in [1.82, 2.24) is 10.2 Å². The number of ether oxygens (including phenoxy) is 2. The van der Waals surface area contributed by atoms with Crippen LogP contribution >= 0.6 is 0 Å². The highest BCUT2D eigenvalue weighted by molar-refractivity contribution is 5.68. The molecule has 2 N–H and O–H groups in total. The number of hydrogen-bond acceptors (Lipinski definition) is 5. The number of likely N-dealkylation sites (N-methyl/N-ethyl adjacent to an activating group) is 1. The van der Waals surface area contributed by atoms with E-state index in [9.17, 15) is 14.7 Å². The minimum Gasteiger partial charge on any atom is -0.445 e. The zero-order valence-electron chi connectivity index (χ0n) is 14.6. The fourth-order valence-corrected chi connectivity index (χ4v) is 1.80. The summed E-state index contributed by atoms with van der Waals surface area (Å²) in [6.45, 7) is 5.42. The smallest absolute Gasteiger partial charge is 0.409 e. The lowest BCUT2D eigenvalue weighted by Crippen LogP contribution is -2.42. The molecule has 1 atom stereocenters. The molecule has 0 saturated heterocycles. The van der Waals surface area contributed by atoms with Crippen molar-refractivity contribution < 1.29 is 24.2 Å². The maximum atomic E-state index is 11.9. The summed E-state index contributed by atoms with van der Waals surface area (Å²) in [5, 5.41) is 12.3. The van der Waals surface area contributed by atoms with E-state index in [1.807, 2.05) is 30.3 Å². The highest BCUT2D eigenvalue weighted by Crippen LogP contribution is 2.06. The van der Waals surface area contributed by atoms with Gasteiger partial charge in [0.2, 0.25) is 0 Å².